The van der Waals surface area contributed by atoms with Crippen molar-refractivity contribution in [1.82, 2.24) is 11.0 Å². The zero-order valence-corrected chi connectivity index (χ0v) is 55.9. The third-order valence-electron chi connectivity index (χ3n) is 14.4. The zero-order valence-electron chi connectivity index (χ0n) is 54.4. The van der Waals surface area contributed by atoms with Gasteiger partial charge in [-0.1, -0.05) is 188 Å². The highest BCUT2D eigenvalue weighted by molar-refractivity contribution is 6.40. The second-order valence-corrected chi connectivity index (χ2v) is 22.5. The van der Waals surface area contributed by atoms with E-state index in [1.165, 1.54) is 23.7 Å². The van der Waals surface area contributed by atoms with Crippen molar-refractivity contribution in [2.75, 3.05) is 12.4 Å². The second kappa shape index (κ2) is 47.4. The van der Waals surface area contributed by atoms with Gasteiger partial charge in [-0.3, -0.25) is 38.8 Å². The van der Waals surface area contributed by atoms with Crippen molar-refractivity contribution in [1.29, 1.82) is 0 Å². The van der Waals surface area contributed by atoms with Gasteiger partial charge >= 0.3 is 41.8 Å². The third-order valence-corrected chi connectivity index (χ3v) is 14.4. The number of nitrogens with one attached hydrogen (secondary N) is 2. The summed E-state index contributed by atoms with van der Waals surface area (Å²) >= 11 is 9.53. The molecule has 2 amide bonds. The average molecular weight is 1400 g/mol. The Balaban J connectivity index is 0.000000321. The van der Waals surface area contributed by atoms with E-state index in [2.05, 4.69) is 5.48 Å². The number of aromatic carboxylic acids is 1. The minimum atomic E-state index is -1.08. The summed E-state index contributed by atoms with van der Waals surface area (Å²) in [4.78, 5) is 113. The number of amides is 2. The van der Waals surface area contributed by atoms with Crippen LogP contribution in [0, 0.1) is 17.8 Å². The molecule has 3 atom stereocenters. The van der Waals surface area contributed by atoms with E-state index >= 15 is 0 Å². The van der Waals surface area contributed by atoms with Crippen molar-refractivity contribution in [3.05, 3.63) is 286 Å². The summed E-state index contributed by atoms with van der Waals surface area (Å²) in [6, 6.07) is 66.8. The quantitative estimate of drug-likeness (QED) is 0.00677. The molecule has 0 fully saturated rings. The molecule has 0 spiro atoms. The predicted molar refractivity (Wildman–Crippen MR) is 368 cm³/mol. The number of hydroxylamine groups is 2. The fourth-order valence-electron chi connectivity index (χ4n) is 9.35. The van der Waals surface area contributed by atoms with Crippen LogP contribution in [0.15, 0.2) is 224 Å². The maximum absolute atomic E-state index is 13.1. The monoisotopic (exact) mass is 1390 g/mol. The molecule has 3 unspecified atom stereocenters. The van der Waals surface area contributed by atoms with Crippen LogP contribution in [-0.4, -0.2) is 91.7 Å². The molecule has 8 aromatic rings. The van der Waals surface area contributed by atoms with E-state index in [0.29, 0.717) is 23.1 Å². The molecule has 21 nitrogen and oxygen atoms in total. The lowest BCUT2D eigenvalue weighted by Crippen LogP contribution is -2.26. The van der Waals surface area contributed by atoms with Gasteiger partial charge in [0.1, 0.15) is 26.4 Å². The summed E-state index contributed by atoms with van der Waals surface area (Å²) in [5.41, 5.74) is 11.2. The molecule has 0 saturated heterocycles. The van der Waals surface area contributed by atoms with Gasteiger partial charge in [-0.25, -0.2) is 25.3 Å². The van der Waals surface area contributed by atoms with Gasteiger partial charge in [0.05, 0.1) is 46.4 Å². The Morgan fingerprint density at radius 1 is 0.374 bits per heavy atom. The Labute approximate surface area is 584 Å². The van der Waals surface area contributed by atoms with Crippen molar-refractivity contribution in [3.8, 4) is 0 Å². The first-order valence-electron chi connectivity index (χ1n) is 31.1. The molecule has 0 aliphatic rings. The summed E-state index contributed by atoms with van der Waals surface area (Å²) in [6.07, 6.45) is 0.928. The number of benzene rings is 8. The second-order valence-electron chi connectivity index (χ2n) is 21.7. The minimum Gasteiger partial charge on any atom is -0.481 e. The number of halogens is 2. The molecule has 0 radical (unpaired) electrons. The Bertz CT molecular complexity index is 3740. The highest BCUT2D eigenvalue weighted by atomic mass is 35.5. The molecule has 0 saturated carbocycles. The number of hydrogen-bond acceptors (Lipinski definition) is 16. The summed E-state index contributed by atoms with van der Waals surface area (Å²) in [6.45, 7) is 0.822. The van der Waals surface area contributed by atoms with Crippen molar-refractivity contribution < 1.29 is 92.6 Å². The van der Waals surface area contributed by atoms with Crippen LogP contribution in [0.4, 0.5) is 0 Å². The molecule has 7 N–H and O–H groups in total. The van der Waals surface area contributed by atoms with Crippen LogP contribution in [0.1, 0.15) is 114 Å². The Morgan fingerprint density at radius 3 is 1.03 bits per heavy atom. The molecule has 23 heteroatoms. The van der Waals surface area contributed by atoms with E-state index in [0.717, 1.165) is 46.1 Å². The van der Waals surface area contributed by atoms with E-state index in [1.807, 2.05) is 158 Å². The predicted octanol–water partition coefficient (Wildman–Crippen LogP) is 12.7. The van der Waals surface area contributed by atoms with Crippen molar-refractivity contribution >= 4 is 76.8 Å². The highest BCUT2D eigenvalue weighted by Crippen LogP contribution is 2.23. The molecule has 522 valence electrons. The van der Waals surface area contributed by atoms with Gasteiger partial charge in [-0.2, -0.15) is 0 Å². The number of hydrogen-bond donors (Lipinski definition) is 7. The minimum absolute atomic E-state index is 0.0546. The topological polar surface area (TPSA) is 325 Å². The fourth-order valence-corrected chi connectivity index (χ4v) is 9.35. The van der Waals surface area contributed by atoms with Crippen LogP contribution in [0.5, 0.6) is 0 Å². The summed E-state index contributed by atoms with van der Waals surface area (Å²) in [5.74, 6) is -7.98. The number of alkyl halides is 2. The molecule has 8 rings (SSSR count). The van der Waals surface area contributed by atoms with E-state index in [-0.39, 0.29) is 101 Å². The molecule has 0 heterocycles. The van der Waals surface area contributed by atoms with Gasteiger partial charge < -0.3 is 39.4 Å². The number of aliphatic hydroxyl groups excluding tert-OH is 1. The normalized spacial score (nSPS) is 11.1. The van der Waals surface area contributed by atoms with E-state index < -0.39 is 65.4 Å². The Kier molecular flexibility index (Phi) is 38.7. The van der Waals surface area contributed by atoms with Crippen LogP contribution in [0.2, 0.25) is 0 Å². The molecular formula is C76H80Cl2N2O19. The molecule has 0 aliphatic heterocycles. The first-order valence-corrected chi connectivity index (χ1v) is 32.2. The standard InChI is InChI=1S/C34H33NO6.C27H26O6.C13H15NO6.CH2Cl2.CH4O/c36-32(35-41-25-28-15-8-3-9-16-28)20-19-31(34(38)40-24-27-13-6-2-7-14-27)22-29-17-10-18-30(21-29)33(37)39-23-26-11-4-1-5-12-26;28-25(29)15-14-24(27(31)33-19-21-10-5-2-6-11-21)17-22-12-7-13-23(16-22)26(30)32-18-20-8-3-1-4-9-20;15-11(14-20)5-4-10(13(18)19)7-8-2-1-3-9(6-8)12(16)17;2-1-3;1-2/h1-18,21,31H,19-20,22-25H2,(H,35,36);1-13,16,24H,14-15,17-19H2,(H,28,29);1-3,6,10,20H,4-5,7H2,(H,14,15)(H,16,17)(H,18,19);1H2;2H,1H3. The maximum atomic E-state index is 13.1. The molecule has 0 aromatic heterocycles. The van der Waals surface area contributed by atoms with Gasteiger partial charge in [-0.15, -0.1) is 23.2 Å². The average Bonchev–Trinajstić information content (AvgIpc) is 1.09. The number of ether oxygens (including phenoxy) is 4. The Hall–Kier alpha value is -10.6. The lowest BCUT2D eigenvalue weighted by atomic mass is 9.93. The molecule has 0 bridgehead atoms. The number of rotatable bonds is 32. The number of carbonyl (C=O) groups excluding carboxylic acids is 6. The van der Waals surface area contributed by atoms with Crippen LogP contribution >= 0.6 is 23.2 Å². The molecular weight excluding hydrogens is 1320 g/mol. The molecule has 0 aliphatic carbocycles. The number of carbonyl (C=O) groups is 9. The lowest BCUT2D eigenvalue weighted by Gasteiger charge is -2.17. The first-order chi connectivity index (χ1) is 47.9. The van der Waals surface area contributed by atoms with E-state index in [4.69, 9.17) is 72.6 Å². The van der Waals surface area contributed by atoms with E-state index in [9.17, 15) is 43.2 Å². The summed E-state index contributed by atoms with van der Waals surface area (Å²) < 4.78 is 21.9. The first kappa shape index (κ1) is 80.9. The number of esters is 4. The van der Waals surface area contributed by atoms with Gasteiger partial charge in [0, 0.05) is 26.4 Å². The SMILES string of the molecule is CO.ClCCl.O=C(CCC(Cc1cccc(C(=O)O)c1)C(=O)O)NO.O=C(CCC(Cc1cccc(C(=O)OCc2ccccc2)c1)C(=O)OCc1ccccc1)NOCc1ccccc1.O=C(O)CCC(Cc1cccc(C(=O)OCc2ccccc2)c1)C(=O)OCc1ccccc1. The van der Waals surface area contributed by atoms with Gasteiger partial charge in [0.15, 0.2) is 0 Å². The molecule has 99 heavy (non-hydrogen) atoms. The zero-order chi connectivity index (χ0) is 72.0. The van der Waals surface area contributed by atoms with Crippen LogP contribution in [0.3, 0.4) is 0 Å². The smallest absolute Gasteiger partial charge is 0.338 e. The molecule has 8 aromatic carbocycles. The van der Waals surface area contributed by atoms with Gasteiger partial charge in [-0.05, 0) is 119 Å². The van der Waals surface area contributed by atoms with Crippen molar-refractivity contribution in [2.45, 2.75) is 90.8 Å². The summed E-state index contributed by atoms with van der Waals surface area (Å²) in [7, 11) is 1.00. The number of aliphatic hydroxyl groups is 1. The number of carboxylic acid groups (broad SMARTS) is 3. The maximum Gasteiger partial charge on any atom is 0.338 e. The van der Waals surface area contributed by atoms with Gasteiger partial charge in [0.25, 0.3) is 0 Å². The van der Waals surface area contributed by atoms with Crippen LogP contribution in [0.25, 0.3) is 0 Å². The summed E-state index contributed by atoms with van der Waals surface area (Å²) in [5, 5.41) is 42.6. The van der Waals surface area contributed by atoms with Crippen molar-refractivity contribution in [2.24, 2.45) is 17.8 Å². The highest BCUT2D eigenvalue weighted by Gasteiger charge is 2.25. The largest absolute Gasteiger partial charge is 0.481 e. The van der Waals surface area contributed by atoms with E-state index in [1.54, 1.807) is 48.5 Å². The van der Waals surface area contributed by atoms with Crippen molar-refractivity contribution in [3.63, 3.8) is 0 Å². The van der Waals surface area contributed by atoms with Crippen LogP contribution in [-0.2, 0) is 105 Å². The number of aliphatic carboxylic acids is 2. The van der Waals surface area contributed by atoms with Crippen LogP contribution < -0.4 is 11.0 Å². The van der Waals surface area contributed by atoms with Gasteiger partial charge in [0.2, 0.25) is 11.8 Å². The lowest BCUT2D eigenvalue weighted by molar-refractivity contribution is -0.151. The fraction of sp³-hybridized carbons (Fsp3) is 0.250. The third kappa shape index (κ3) is 33.3. The number of carboxylic acids is 3. The Morgan fingerprint density at radius 2 is 0.677 bits per heavy atom.